The molecule has 4 heteroatoms. The molecule has 0 heterocycles. The third-order valence-electron chi connectivity index (χ3n) is 2.53. The molecule has 1 aromatic rings. The molecule has 2 N–H and O–H groups in total. The molecule has 0 fully saturated rings. The zero-order chi connectivity index (χ0) is 12.0. The molecule has 1 rings (SSSR count). The van der Waals surface area contributed by atoms with Gasteiger partial charge in [0, 0.05) is 5.88 Å². The molecular weight excluding hydrogens is 228 g/mol. The van der Waals surface area contributed by atoms with Crippen LogP contribution in [-0.4, -0.2) is 22.1 Å². The van der Waals surface area contributed by atoms with Crippen molar-refractivity contribution in [2.45, 2.75) is 25.4 Å². The van der Waals surface area contributed by atoms with E-state index in [4.69, 9.17) is 21.8 Å². The number of halogens is 1. The van der Waals surface area contributed by atoms with Crippen LogP contribution in [0.3, 0.4) is 0 Å². The minimum Gasteiger partial charge on any atom is -0.481 e. The maximum atomic E-state index is 11.1. The number of aliphatic hydroxyl groups excluding tert-OH is 1. The quantitative estimate of drug-likeness (QED) is 0.753. The van der Waals surface area contributed by atoms with Gasteiger partial charge >= 0.3 is 5.97 Å². The van der Waals surface area contributed by atoms with Crippen LogP contribution in [0, 0.1) is 0 Å². The molecule has 0 aliphatic heterocycles. The summed E-state index contributed by atoms with van der Waals surface area (Å²) in [6.45, 7) is -0.138. The minimum atomic E-state index is -0.869. The SMILES string of the molecule is O=C(O)C(CCCCl)c1ccccc1CO. The number of hydrogen-bond donors (Lipinski definition) is 2. The normalized spacial score (nSPS) is 12.4. The molecule has 88 valence electrons. The van der Waals surface area contributed by atoms with Crippen LogP contribution in [0.5, 0.6) is 0 Å². The Bertz CT molecular complexity index is 352. The van der Waals surface area contributed by atoms with E-state index in [0.29, 0.717) is 29.8 Å². The molecule has 1 atom stereocenters. The number of aliphatic carboxylic acids is 1. The zero-order valence-electron chi connectivity index (χ0n) is 8.90. The van der Waals surface area contributed by atoms with Gasteiger partial charge in [-0.15, -0.1) is 11.6 Å². The molecule has 0 aromatic heterocycles. The predicted molar refractivity (Wildman–Crippen MR) is 62.7 cm³/mol. The second kappa shape index (κ2) is 6.51. The van der Waals surface area contributed by atoms with Crippen LogP contribution in [0.15, 0.2) is 24.3 Å². The lowest BCUT2D eigenvalue weighted by Crippen LogP contribution is -2.14. The summed E-state index contributed by atoms with van der Waals surface area (Å²) in [6, 6.07) is 7.06. The third kappa shape index (κ3) is 3.22. The highest BCUT2D eigenvalue weighted by molar-refractivity contribution is 6.17. The van der Waals surface area contributed by atoms with Crippen molar-refractivity contribution in [1.29, 1.82) is 0 Å². The summed E-state index contributed by atoms with van der Waals surface area (Å²) in [5.41, 5.74) is 1.35. The largest absolute Gasteiger partial charge is 0.481 e. The molecular formula is C12H15ClO3. The maximum absolute atomic E-state index is 11.1. The summed E-state index contributed by atoms with van der Waals surface area (Å²) < 4.78 is 0. The number of alkyl halides is 1. The lowest BCUT2D eigenvalue weighted by atomic mass is 9.91. The molecule has 0 saturated heterocycles. The summed E-state index contributed by atoms with van der Waals surface area (Å²) in [4.78, 5) is 11.1. The summed E-state index contributed by atoms with van der Waals surface area (Å²) in [7, 11) is 0. The van der Waals surface area contributed by atoms with Gasteiger partial charge in [-0.05, 0) is 24.0 Å². The van der Waals surface area contributed by atoms with E-state index in [-0.39, 0.29) is 6.61 Å². The number of carboxylic acids is 1. The molecule has 0 radical (unpaired) electrons. The first-order valence-electron chi connectivity index (χ1n) is 5.18. The molecule has 0 amide bonds. The first-order valence-corrected chi connectivity index (χ1v) is 5.71. The van der Waals surface area contributed by atoms with E-state index in [2.05, 4.69) is 0 Å². The Labute approximate surface area is 99.7 Å². The van der Waals surface area contributed by atoms with Crippen molar-refractivity contribution >= 4 is 17.6 Å². The van der Waals surface area contributed by atoms with Crippen LogP contribution < -0.4 is 0 Å². The average Bonchev–Trinajstić information content (AvgIpc) is 2.29. The highest BCUT2D eigenvalue weighted by atomic mass is 35.5. The number of hydrogen-bond acceptors (Lipinski definition) is 2. The highest BCUT2D eigenvalue weighted by Gasteiger charge is 2.21. The van der Waals surface area contributed by atoms with E-state index < -0.39 is 11.9 Å². The lowest BCUT2D eigenvalue weighted by molar-refractivity contribution is -0.139. The molecule has 1 unspecified atom stereocenters. The zero-order valence-corrected chi connectivity index (χ0v) is 9.65. The van der Waals surface area contributed by atoms with E-state index in [9.17, 15) is 4.79 Å². The van der Waals surface area contributed by atoms with E-state index in [0.717, 1.165) is 0 Å². The highest BCUT2D eigenvalue weighted by Crippen LogP contribution is 2.25. The first-order chi connectivity index (χ1) is 7.70. The topological polar surface area (TPSA) is 57.5 Å². The fourth-order valence-electron chi connectivity index (χ4n) is 1.71. The Hall–Kier alpha value is -1.06. The van der Waals surface area contributed by atoms with E-state index >= 15 is 0 Å². The van der Waals surface area contributed by atoms with Gasteiger partial charge in [0.25, 0.3) is 0 Å². The Morgan fingerprint density at radius 3 is 2.62 bits per heavy atom. The van der Waals surface area contributed by atoms with Crippen LogP contribution in [-0.2, 0) is 11.4 Å². The number of aliphatic hydroxyl groups is 1. The Balaban J connectivity index is 2.95. The van der Waals surface area contributed by atoms with Crippen molar-refractivity contribution in [2.24, 2.45) is 0 Å². The summed E-state index contributed by atoms with van der Waals surface area (Å²) in [6.07, 6.45) is 1.15. The van der Waals surface area contributed by atoms with E-state index in [1.165, 1.54) is 0 Å². The lowest BCUT2D eigenvalue weighted by Gasteiger charge is -2.15. The molecule has 0 spiro atoms. The second-order valence-corrected chi connectivity index (χ2v) is 3.96. The monoisotopic (exact) mass is 242 g/mol. The Kier molecular flexibility index (Phi) is 5.29. The first kappa shape index (κ1) is 13.0. The number of carboxylic acid groups (broad SMARTS) is 1. The molecule has 0 aliphatic carbocycles. The molecule has 0 bridgehead atoms. The number of rotatable bonds is 6. The van der Waals surface area contributed by atoms with Gasteiger partial charge in [-0.2, -0.15) is 0 Å². The smallest absolute Gasteiger partial charge is 0.310 e. The fraction of sp³-hybridized carbons (Fsp3) is 0.417. The number of carbonyl (C=O) groups is 1. The van der Waals surface area contributed by atoms with Crippen molar-refractivity contribution in [3.63, 3.8) is 0 Å². The van der Waals surface area contributed by atoms with Crippen LogP contribution in [0.1, 0.15) is 29.9 Å². The van der Waals surface area contributed by atoms with Gasteiger partial charge in [0.2, 0.25) is 0 Å². The van der Waals surface area contributed by atoms with Crippen molar-refractivity contribution in [3.8, 4) is 0 Å². The van der Waals surface area contributed by atoms with Gasteiger partial charge in [0.15, 0.2) is 0 Å². The third-order valence-corrected chi connectivity index (χ3v) is 2.79. The van der Waals surface area contributed by atoms with Gasteiger partial charge in [0.05, 0.1) is 12.5 Å². The average molecular weight is 243 g/mol. The summed E-state index contributed by atoms with van der Waals surface area (Å²) >= 11 is 5.57. The fourth-order valence-corrected chi connectivity index (χ4v) is 1.87. The van der Waals surface area contributed by atoms with Crippen LogP contribution in [0.4, 0.5) is 0 Å². The summed E-state index contributed by atoms with van der Waals surface area (Å²) in [5, 5.41) is 18.3. The van der Waals surface area contributed by atoms with E-state index in [1.54, 1.807) is 24.3 Å². The van der Waals surface area contributed by atoms with E-state index in [1.807, 2.05) is 0 Å². The molecule has 3 nitrogen and oxygen atoms in total. The van der Waals surface area contributed by atoms with Crippen molar-refractivity contribution in [1.82, 2.24) is 0 Å². The van der Waals surface area contributed by atoms with Gasteiger partial charge in [-0.1, -0.05) is 24.3 Å². The molecule has 16 heavy (non-hydrogen) atoms. The van der Waals surface area contributed by atoms with Gasteiger partial charge < -0.3 is 10.2 Å². The maximum Gasteiger partial charge on any atom is 0.310 e. The molecule has 1 aromatic carbocycles. The minimum absolute atomic E-state index is 0.138. The Morgan fingerprint density at radius 1 is 1.38 bits per heavy atom. The molecule has 0 saturated carbocycles. The van der Waals surface area contributed by atoms with Gasteiger partial charge in [-0.3, -0.25) is 4.79 Å². The number of benzene rings is 1. The Morgan fingerprint density at radius 2 is 2.06 bits per heavy atom. The van der Waals surface area contributed by atoms with Gasteiger partial charge in [0.1, 0.15) is 0 Å². The van der Waals surface area contributed by atoms with Crippen LogP contribution >= 0.6 is 11.6 Å². The van der Waals surface area contributed by atoms with Gasteiger partial charge in [-0.25, -0.2) is 0 Å². The second-order valence-electron chi connectivity index (χ2n) is 3.58. The predicted octanol–water partition coefficient (Wildman–Crippen LogP) is 2.37. The van der Waals surface area contributed by atoms with Crippen molar-refractivity contribution < 1.29 is 15.0 Å². The van der Waals surface area contributed by atoms with Crippen LogP contribution in [0.2, 0.25) is 0 Å². The summed E-state index contributed by atoms with van der Waals surface area (Å²) in [5.74, 6) is -1.00. The standard InChI is InChI=1S/C12H15ClO3/c13-7-3-6-11(12(15)16)10-5-2-1-4-9(10)8-14/h1-2,4-5,11,14H,3,6-8H2,(H,15,16). The molecule has 0 aliphatic rings. The van der Waals surface area contributed by atoms with Crippen molar-refractivity contribution in [3.05, 3.63) is 35.4 Å². The van der Waals surface area contributed by atoms with Crippen molar-refractivity contribution in [2.75, 3.05) is 5.88 Å². The van der Waals surface area contributed by atoms with Crippen LogP contribution in [0.25, 0.3) is 0 Å².